The van der Waals surface area contributed by atoms with Crippen LogP contribution in [0.25, 0.3) is 0 Å². The molecule has 2 heterocycles. The lowest BCUT2D eigenvalue weighted by Crippen LogP contribution is -2.47. The van der Waals surface area contributed by atoms with Crippen molar-refractivity contribution >= 4 is 26.0 Å². The van der Waals surface area contributed by atoms with Crippen LogP contribution in [0.15, 0.2) is 41.1 Å². The quantitative estimate of drug-likeness (QED) is 0.577. The first-order chi connectivity index (χ1) is 14.6. The first-order valence-electron chi connectivity index (χ1n) is 10.3. The van der Waals surface area contributed by atoms with Gasteiger partial charge < -0.3 is 9.80 Å². The van der Waals surface area contributed by atoms with E-state index in [-0.39, 0.29) is 36.2 Å². The van der Waals surface area contributed by atoms with E-state index in [2.05, 4.69) is 16.2 Å². The van der Waals surface area contributed by atoms with Gasteiger partial charge in [0.25, 0.3) is 0 Å². The normalized spacial score (nSPS) is 21.3. The van der Waals surface area contributed by atoms with Crippen LogP contribution in [0.4, 0.5) is 0 Å². The molecule has 0 aliphatic carbocycles. The number of piperazine rings is 1. The summed E-state index contributed by atoms with van der Waals surface area (Å²) in [6.45, 7) is 7.14. The predicted molar refractivity (Wildman–Crippen MR) is 118 cm³/mol. The summed E-state index contributed by atoms with van der Waals surface area (Å²) < 4.78 is 52.7. The first kappa shape index (κ1) is 23.9. The Morgan fingerprint density at radius 1 is 1.10 bits per heavy atom. The van der Waals surface area contributed by atoms with E-state index in [9.17, 15) is 21.6 Å². The van der Waals surface area contributed by atoms with E-state index in [1.165, 1.54) is 16.4 Å². The van der Waals surface area contributed by atoms with Gasteiger partial charge in [-0.3, -0.25) is 4.79 Å². The maximum Gasteiger partial charge on any atom is 0.243 e. The topological polar surface area (TPSA) is 107 Å². The van der Waals surface area contributed by atoms with Gasteiger partial charge in [-0.05, 0) is 37.1 Å². The summed E-state index contributed by atoms with van der Waals surface area (Å²) in [5.74, 6) is -0.0435. The lowest BCUT2D eigenvalue weighted by atomic mass is 10.1. The predicted octanol–water partition coefficient (Wildman–Crippen LogP) is 0.0766. The molecule has 0 saturated carbocycles. The average molecular weight is 471 g/mol. The van der Waals surface area contributed by atoms with Crippen molar-refractivity contribution in [2.45, 2.75) is 17.7 Å². The number of hydrogen-bond acceptors (Lipinski definition) is 6. The fourth-order valence-corrected chi connectivity index (χ4v) is 5.86. The van der Waals surface area contributed by atoms with Crippen molar-refractivity contribution in [2.75, 3.05) is 52.9 Å². The molecule has 0 unspecified atom stereocenters. The van der Waals surface area contributed by atoms with Gasteiger partial charge >= 0.3 is 0 Å². The molecule has 2 aliphatic rings. The van der Waals surface area contributed by atoms with E-state index >= 15 is 0 Å². The van der Waals surface area contributed by atoms with E-state index in [1.54, 1.807) is 12.1 Å². The Morgan fingerprint density at radius 3 is 2.35 bits per heavy atom. The molecule has 2 fully saturated rings. The lowest BCUT2D eigenvalue weighted by molar-refractivity contribution is -0.132. The van der Waals surface area contributed by atoms with Crippen molar-refractivity contribution in [3.8, 4) is 0 Å². The molecule has 1 aromatic rings. The van der Waals surface area contributed by atoms with Gasteiger partial charge in [0, 0.05) is 51.2 Å². The molecule has 0 aromatic heterocycles. The van der Waals surface area contributed by atoms with E-state index in [0.29, 0.717) is 26.1 Å². The zero-order chi connectivity index (χ0) is 22.6. The Balaban J connectivity index is 1.57. The smallest absolute Gasteiger partial charge is 0.243 e. The Kier molecular flexibility index (Phi) is 7.53. The van der Waals surface area contributed by atoms with Crippen molar-refractivity contribution in [1.82, 2.24) is 18.8 Å². The third-order valence-electron chi connectivity index (χ3n) is 5.81. The van der Waals surface area contributed by atoms with Crippen LogP contribution < -0.4 is 4.72 Å². The standard InChI is InChI=1S/C20H30N4O5S2/c1-3-30(26,27)21-15-18-8-9-24(16-18)31(28,29)19-6-4-17(5-7-19)14-20(25)23-12-10-22(2)11-13-23/h3-7,18,21H,1,8-16H2,2H3/t18-/m1/s1. The summed E-state index contributed by atoms with van der Waals surface area (Å²) >= 11 is 0. The summed E-state index contributed by atoms with van der Waals surface area (Å²) in [5, 5.41) is 0.840. The molecule has 0 bridgehead atoms. The maximum atomic E-state index is 12.9. The fraction of sp³-hybridized carbons (Fsp3) is 0.550. The fourth-order valence-electron chi connectivity index (χ4n) is 3.75. The second kappa shape index (κ2) is 9.78. The number of amides is 1. The van der Waals surface area contributed by atoms with Gasteiger partial charge in [0.05, 0.1) is 11.3 Å². The number of likely N-dealkylation sites (N-methyl/N-ethyl adjacent to an activating group) is 1. The molecule has 31 heavy (non-hydrogen) atoms. The van der Waals surface area contributed by atoms with Gasteiger partial charge in [-0.15, -0.1) is 0 Å². The van der Waals surface area contributed by atoms with Crippen LogP contribution in [0.1, 0.15) is 12.0 Å². The molecule has 2 saturated heterocycles. The second-order valence-electron chi connectivity index (χ2n) is 8.08. The summed E-state index contributed by atoms with van der Waals surface area (Å²) in [5.41, 5.74) is 0.779. The molecular formula is C20H30N4O5S2. The van der Waals surface area contributed by atoms with Gasteiger partial charge in [-0.25, -0.2) is 21.6 Å². The molecule has 0 radical (unpaired) electrons. The zero-order valence-corrected chi connectivity index (χ0v) is 19.4. The molecular weight excluding hydrogens is 440 g/mol. The second-order valence-corrected chi connectivity index (χ2v) is 11.7. The number of hydrogen-bond donors (Lipinski definition) is 1. The van der Waals surface area contributed by atoms with Crippen molar-refractivity contribution in [3.63, 3.8) is 0 Å². The SMILES string of the molecule is C=CS(=O)(=O)NC[C@H]1CCN(S(=O)(=O)c2ccc(CC(=O)N3CCN(C)CC3)cc2)C1. The van der Waals surface area contributed by atoms with Crippen molar-refractivity contribution in [2.24, 2.45) is 5.92 Å². The van der Waals surface area contributed by atoms with Crippen molar-refractivity contribution < 1.29 is 21.6 Å². The highest BCUT2D eigenvalue weighted by Crippen LogP contribution is 2.24. The number of carbonyl (C=O) groups is 1. The summed E-state index contributed by atoms with van der Waals surface area (Å²) in [6, 6.07) is 6.45. The third-order valence-corrected chi connectivity index (χ3v) is 8.70. The number of nitrogens with zero attached hydrogens (tertiary/aromatic N) is 3. The largest absolute Gasteiger partial charge is 0.340 e. The van der Waals surface area contributed by atoms with Crippen LogP contribution >= 0.6 is 0 Å². The third kappa shape index (κ3) is 6.13. The van der Waals surface area contributed by atoms with E-state index in [0.717, 1.165) is 24.1 Å². The monoisotopic (exact) mass is 470 g/mol. The minimum Gasteiger partial charge on any atom is -0.340 e. The van der Waals surface area contributed by atoms with Crippen LogP contribution in [-0.4, -0.2) is 89.7 Å². The highest BCUT2D eigenvalue weighted by Gasteiger charge is 2.33. The van der Waals surface area contributed by atoms with Gasteiger partial charge in [0.15, 0.2) is 0 Å². The molecule has 172 valence electrons. The molecule has 1 N–H and O–H groups in total. The molecule has 2 aliphatic heterocycles. The Bertz CT molecular complexity index is 1000. The molecule has 0 spiro atoms. The van der Waals surface area contributed by atoms with Crippen LogP contribution in [-0.2, 0) is 31.3 Å². The summed E-state index contributed by atoms with van der Waals surface area (Å²) in [7, 11) is -5.16. The number of carbonyl (C=O) groups excluding carboxylic acids is 1. The lowest BCUT2D eigenvalue weighted by Gasteiger charge is -2.32. The van der Waals surface area contributed by atoms with Gasteiger partial charge in [0.1, 0.15) is 0 Å². The van der Waals surface area contributed by atoms with Crippen molar-refractivity contribution in [1.29, 1.82) is 0 Å². The van der Waals surface area contributed by atoms with E-state index < -0.39 is 20.0 Å². The number of benzene rings is 1. The highest BCUT2D eigenvalue weighted by molar-refractivity contribution is 7.92. The van der Waals surface area contributed by atoms with Crippen LogP contribution in [0.5, 0.6) is 0 Å². The number of sulfonamides is 2. The zero-order valence-electron chi connectivity index (χ0n) is 17.7. The molecule has 11 heteroatoms. The van der Waals surface area contributed by atoms with Gasteiger partial charge in [0.2, 0.25) is 26.0 Å². The molecule has 3 rings (SSSR count). The Hall–Kier alpha value is -1.79. The van der Waals surface area contributed by atoms with Gasteiger partial charge in [-0.1, -0.05) is 18.7 Å². The van der Waals surface area contributed by atoms with Crippen molar-refractivity contribution in [3.05, 3.63) is 41.8 Å². The number of nitrogens with one attached hydrogen (secondary N) is 1. The van der Waals surface area contributed by atoms with Gasteiger partial charge in [-0.2, -0.15) is 4.31 Å². The Morgan fingerprint density at radius 2 is 1.74 bits per heavy atom. The highest BCUT2D eigenvalue weighted by atomic mass is 32.2. The molecule has 9 nitrogen and oxygen atoms in total. The first-order valence-corrected chi connectivity index (χ1v) is 13.3. The van der Waals surface area contributed by atoms with E-state index in [1.807, 2.05) is 11.9 Å². The minimum atomic E-state index is -3.67. The number of rotatable bonds is 8. The molecule has 1 atom stereocenters. The van der Waals surface area contributed by atoms with Crippen LogP contribution in [0.2, 0.25) is 0 Å². The average Bonchev–Trinajstić information content (AvgIpc) is 3.23. The van der Waals surface area contributed by atoms with Crippen LogP contribution in [0, 0.1) is 5.92 Å². The summed E-state index contributed by atoms with van der Waals surface area (Å²) in [4.78, 5) is 16.7. The minimum absolute atomic E-state index is 0.0491. The molecule has 1 aromatic carbocycles. The van der Waals surface area contributed by atoms with Crippen LogP contribution in [0.3, 0.4) is 0 Å². The Labute approximate surface area is 184 Å². The molecule has 1 amide bonds. The summed E-state index contributed by atoms with van der Waals surface area (Å²) in [6.07, 6.45) is 0.829. The van der Waals surface area contributed by atoms with E-state index in [4.69, 9.17) is 0 Å². The maximum absolute atomic E-state index is 12.9.